The number of hydrogen-bond acceptors (Lipinski definition) is 13. The number of pyridine rings is 1. The van der Waals surface area contributed by atoms with Gasteiger partial charge in [-0.2, -0.15) is 0 Å². The number of amides is 5. The normalized spacial score (nSPS) is 13.7. The maximum absolute atomic E-state index is 13.4. The van der Waals surface area contributed by atoms with Crippen LogP contribution >= 0.6 is 11.6 Å². The molecule has 0 spiro atoms. The SMILES string of the molecule is COc1cc(NC(=O)c2ccccn2)ccc1NC(=O)c1ccc(NC(=O)COCC(=O)NCCCNC(=O)COc2ccc(-c3cccc(COc4cc5c(c(C)c4C)C(=O)C(C4CCCC4)C5)c3)cc2C(=O)[O-])cc1Cl. The van der Waals surface area contributed by atoms with Gasteiger partial charge in [0.1, 0.15) is 42.8 Å². The van der Waals surface area contributed by atoms with Crippen molar-refractivity contribution in [1.82, 2.24) is 15.6 Å². The molecule has 8 rings (SSSR count). The summed E-state index contributed by atoms with van der Waals surface area (Å²) >= 11 is 6.41. The van der Waals surface area contributed by atoms with E-state index in [1.165, 1.54) is 62.5 Å². The van der Waals surface area contributed by atoms with Gasteiger partial charge in [-0.05, 0) is 146 Å². The third kappa shape index (κ3) is 14.1. The molecule has 5 amide bonds. The molecular weight excluding hydrogens is 1020 g/mol. The Balaban J connectivity index is 0.716. The summed E-state index contributed by atoms with van der Waals surface area (Å²) in [5.74, 6) is -2.30. The van der Waals surface area contributed by atoms with Crippen LogP contribution in [0.15, 0.2) is 109 Å². The number of benzene rings is 5. The van der Waals surface area contributed by atoms with Gasteiger partial charge in [0.05, 0.1) is 29.4 Å². The summed E-state index contributed by atoms with van der Waals surface area (Å²) in [6.07, 6.45) is 7.21. The molecular formula is C59H58ClN6O12-. The van der Waals surface area contributed by atoms with Crippen molar-refractivity contribution in [2.75, 3.05) is 56.0 Å². The molecule has 1 saturated carbocycles. The van der Waals surface area contributed by atoms with Crippen molar-refractivity contribution in [2.45, 2.75) is 59.0 Å². The fraction of sp³-hybridized carbons (Fsp3) is 0.288. The Morgan fingerprint density at radius 2 is 1.41 bits per heavy atom. The summed E-state index contributed by atoms with van der Waals surface area (Å²) in [6.45, 7) is 3.23. The Morgan fingerprint density at radius 3 is 2.14 bits per heavy atom. The smallest absolute Gasteiger partial charge is 0.274 e. The van der Waals surface area contributed by atoms with Gasteiger partial charge in [-0.1, -0.05) is 54.8 Å². The van der Waals surface area contributed by atoms with Gasteiger partial charge in [0, 0.05) is 53.8 Å². The van der Waals surface area contributed by atoms with E-state index in [0.717, 1.165) is 58.4 Å². The van der Waals surface area contributed by atoms with E-state index in [4.69, 9.17) is 30.5 Å². The largest absolute Gasteiger partial charge is 0.545 e. The Labute approximate surface area is 455 Å². The Hall–Kier alpha value is -8.61. The lowest BCUT2D eigenvalue weighted by atomic mass is 9.87. The average Bonchev–Trinajstić information content (AvgIpc) is 4.10. The number of Topliss-reactive ketones (excluding diaryl/α,β-unsaturated/α-hetero) is 1. The van der Waals surface area contributed by atoms with E-state index in [1.807, 2.05) is 44.2 Å². The molecule has 6 aromatic rings. The molecule has 1 heterocycles. The van der Waals surface area contributed by atoms with Gasteiger partial charge in [0.15, 0.2) is 12.4 Å². The number of aromatic carboxylic acids is 1. The van der Waals surface area contributed by atoms with Crippen molar-refractivity contribution in [3.05, 3.63) is 159 Å². The number of carbonyl (C=O) groups is 7. The molecule has 0 aliphatic heterocycles. The van der Waals surface area contributed by atoms with Gasteiger partial charge in [0.2, 0.25) is 11.8 Å². The highest BCUT2D eigenvalue weighted by molar-refractivity contribution is 6.34. The summed E-state index contributed by atoms with van der Waals surface area (Å²) in [5.41, 5.74) is 7.13. The molecule has 1 fully saturated rings. The number of halogens is 1. The van der Waals surface area contributed by atoms with Crippen LogP contribution in [0.1, 0.15) is 95.9 Å². The predicted octanol–water partition coefficient (Wildman–Crippen LogP) is 7.68. The molecule has 1 atom stereocenters. The number of rotatable bonds is 23. The number of anilines is 3. The molecule has 1 unspecified atom stereocenters. The van der Waals surface area contributed by atoms with Crippen molar-refractivity contribution in [2.24, 2.45) is 11.8 Å². The van der Waals surface area contributed by atoms with Gasteiger partial charge in [0.25, 0.3) is 17.7 Å². The first-order valence-electron chi connectivity index (χ1n) is 25.5. The summed E-state index contributed by atoms with van der Waals surface area (Å²) in [4.78, 5) is 92.9. The number of nitrogens with one attached hydrogen (secondary N) is 5. The van der Waals surface area contributed by atoms with Crippen LogP contribution in [0.2, 0.25) is 5.02 Å². The molecule has 0 saturated heterocycles. The minimum absolute atomic E-state index is 0.0360. The quantitative estimate of drug-likeness (QED) is 0.0387. The number of carboxylic acids is 1. The van der Waals surface area contributed by atoms with Crippen LogP contribution in [0.25, 0.3) is 11.1 Å². The second kappa shape index (κ2) is 26.0. The number of carboxylic acid groups (broad SMARTS) is 1. The van der Waals surface area contributed by atoms with Gasteiger partial charge >= 0.3 is 0 Å². The average molecular weight is 1080 g/mol. The molecule has 5 N–H and O–H groups in total. The number of nitrogens with zero attached hydrogens (tertiary/aromatic N) is 1. The van der Waals surface area contributed by atoms with Gasteiger partial charge in [-0.25, -0.2) is 0 Å². The summed E-state index contributed by atoms with van der Waals surface area (Å²) in [5, 5.41) is 25.6. The standard InChI is InChI=1S/C59H59ClN6O12/c1-34-35(2)55-40(26-44(56(55)70)37-11-4-5-12-37)27-50(34)77-30-36-10-8-13-38(24-36)39-15-20-49(45(25-39)59(73)74)78-33-53(68)63-23-9-22-62-52(67)31-76-32-54(69)64-41-16-18-43(46(60)28-41)57(71)66-47-19-17-42(29-51(47)75-3)65-58(72)48-14-6-7-21-61-48/h6-8,10,13-21,24-25,27-29,37,44H,4-5,9,11-12,22-23,26,30-33H2,1-3H3,(H,62,67)(H,63,68)(H,64,69)(H,65,72)(H,66,71)(H,73,74)/p-1. The maximum Gasteiger partial charge on any atom is 0.274 e. The topological polar surface area (TPSA) is 253 Å². The second-order valence-electron chi connectivity index (χ2n) is 19.0. The van der Waals surface area contributed by atoms with Gasteiger partial charge in [-0.15, -0.1) is 0 Å². The summed E-state index contributed by atoms with van der Waals surface area (Å²) < 4.78 is 22.6. The van der Waals surface area contributed by atoms with Gasteiger partial charge < -0.3 is 55.4 Å². The maximum atomic E-state index is 13.4. The minimum atomic E-state index is -1.47. The Morgan fingerprint density at radius 1 is 0.679 bits per heavy atom. The Bertz CT molecular complexity index is 3250. The molecule has 404 valence electrons. The van der Waals surface area contributed by atoms with Gasteiger partial charge in [-0.3, -0.25) is 33.8 Å². The molecule has 18 nitrogen and oxygen atoms in total. The number of aromatic nitrogens is 1. The van der Waals surface area contributed by atoms with Crippen LogP contribution < -0.4 is 45.9 Å². The van der Waals surface area contributed by atoms with Crippen molar-refractivity contribution >= 4 is 70.0 Å². The molecule has 0 radical (unpaired) electrons. The fourth-order valence-electron chi connectivity index (χ4n) is 9.61. The van der Waals surface area contributed by atoms with E-state index in [1.54, 1.807) is 36.4 Å². The number of fused-ring (bicyclic) bond motifs is 1. The van der Waals surface area contributed by atoms with Crippen molar-refractivity contribution in [3.8, 4) is 28.4 Å². The lowest BCUT2D eigenvalue weighted by molar-refractivity contribution is -0.255. The highest BCUT2D eigenvalue weighted by Gasteiger charge is 2.39. The molecule has 78 heavy (non-hydrogen) atoms. The zero-order valence-electron chi connectivity index (χ0n) is 43.3. The molecule has 2 aliphatic rings. The van der Waals surface area contributed by atoms with Crippen LogP contribution in [0, 0.1) is 25.7 Å². The number of carbonyl (C=O) groups excluding carboxylic acids is 7. The van der Waals surface area contributed by atoms with E-state index in [9.17, 15) is 38.7 Å². The lowest BCUT2D eigenvalue weighted by Crippen LogP contribution is -2.34. The highest BCUT2D eigenvalue weighted by atomic mass is 35.5. The molecule has 5 aromatic carbocycles. The van der Waals surface area contributed by atoms with Crippen molar-refractivity contribution in [1.29, 1.82) is 0 Å². The van der Waals surface area contributed by atoms with E-state index in [0.29, 0.717) is 29.3 Å². The minimum Gasteiger partial charge on any atom is -0.545 e. The van der Waals surface area contributed by atoms with Crippen LogP contribution in [-0.2, 0) is 32.1 Å². The molecule has 1 aromatic heterocycles. The number of methoxy groups -OCH3 is 1. The third-order valence-electron chi connectivity index (χ3n) is 13.7. The third-order valence-corrected chi connectivity index (χ3v) is 14.0. The van der Waals surface area contributed by atoms with E-state index >= 15 is 0 Å². The van der Waals surface area contributed by atoms with Crippen LogP contribution in [0.5, 0.6) is 17.2 Å². The summed E-state index contributed by atoms with van der Waals surface area (Å²) in [6, 6.07) is 28.1. The first-order chi connectivity index (χ1) is 37.6. The van der Waals surface area contributed by atoms with Crippen LogP contribution in [-0.4, -0.2) is 86.3 Å². The Kier molecular flexibility index (Phi) is 18.5. The van der Waals surface area contributed by atoms with E-state index < -0.39 is 55.3 Å². The lowest BCUT2D eigenvalue weighted by Gasteiger charge is -2.16. The van der Waals surface area contributed by atoms with Crippen molar-refractivity contribution in [3.63, 3.8) is 0 Å². The van der Waals surface area contributed by atoms with Crippen LogP contribution in [0.4, 0.5) is 17.1 Å². The number of ether oxygens (including phenoxy) is 4. The van der Waals surface area contributed by atoms with Crippen molar-refractivity contribution < 1.29 is 57.6 Å². The fourth-order valence-corrected chi connectivity index (χ4v) is 9.88. The zero-order valence-corrected chi connectivity index (χ0v) is 44.0. The van der Waals surface area contributed by atoms with Crippen LogP contribution in [0.3, 0.4) is 0 Å². The zero-order chi connectivity index (χ0) is 55.3. The first kappa shape index (κ1) is 55.6. The molecule has 19 heteroatoms. The number of hydrogen-bond donors (Lipinski definition) is 5. The molecule has 0 bridgehead atoms. The van der Waals surface area contributed by atoms with E-state index in [2.05, 4.69) is 31.6 Å². The highest BCUT2D eigenvalue weighted by Crippen LogP contribution is 2.43. The predicted molar refractivity (Wildman–Crippen MR) is 290 cm³/mol. The number of ketones is 1. The summed E-state index contributed by atoms with van der Waals surface area (Å²) in [7, 11) is 1.41. The molecule has 2 aliphatic carbocycles. The second-order valence-corrected chi connectivity index (χ2v) is 19.4. The van der Waals surface area contributed by atoms with E-state index in [-0.39, 0.29) is 70.4 Å². The monoisotopic (exact) mass is 1080 g/mol. The first-order valence-corrected chi connectivity index (χ1v) is 25.8.